The van der Waals surface area contributed by atoms with Crippen molar-refractivity contribution in [2.45, 2.75) is 19.9 Å². The van der Waals surface area contributed by atoms with E-state index in [1.807, 2.05) is 62.4 Å². The van der Waals surface area contributed by atoms with Gasteiger partial charge in [-0.3, -0.25) is 5.32 Å². The van der Waals surface area contributed by atoms with Crippen molar-refractivity contribution in [1.29, 1.82) is 0 Å². The summed E-state index contributed by atoms with van der Waals surface area (Å²) in [6.07, 6.45) is 0. The highest BCUT2D eigenvalue weighted by molar-refractivity contribution is 5.86. The van der Waals surface area contributed by atoms with Crippen LogP contribution in [0.2, 0.25) is 0 Å². The number of aromatic hydroxyl groups is 1. The second kappa shape index (κ2) is 7.27. The lowest BCUT2D eigenvalue weighted by Gasteiger charge is -2.18. The maximum atomic E-state index is 13.9. The van der Waals surface area contributed by atoms with Gasteiger partial charge < -0.3 is 5.11 Å². The van der Waals surface area contributed by atoms with Crippen LogP contribution in [0.15, 0.2) is 66.7 Å². The number of hydrogen-bond donors (Lipinski definition) is 2. The maximum absolute atomic E-state index is 13.9. The Balaban J connectivity index is 1.87. The second-order valence-electron chi connectivity index (χ2n) is 6.91. The number of fused-ring (bicyclic) bond motifs is 1. The van der Waals surface area contributed by atoms with Crippen molar-refractivity contribution >= 4 is 16.7 Å². The lowest BCUT2D eigenvalue weighted by atomic mass is 9.96. The highest BCUT2D eigenvalue weighted by Gasteiger charge is 2.24. The molecule has 2 aromatic heterocycles. The number of halogens is 1. The van der Waals surface area contributed by atoms with Crippen molar-refractivity contribution in [2.75, 3.05) is 5.32 Å². The van der Waals surface area contributed by atoms with Crippen LogP contribution in [-0.2, 0) is 0 Å². The Morgan fingerprint density at radius 1 is 1.00 bits per heavy atom. The van der Waals surface area contributed by atoms with Crippen molar-refractivity contribution in [2.24, 2.45) is 0 Å². The predicted octanol–water partition coefficient (Wildman–Crippen LogP) is 4.71. The van der Waals surface area contributed by atoms with Gasteiger partial charge in [0.25, 0.3) is 5.82 Å². The first-order chi connectivity index (χ1) is 13.5. The van der Waals surface area contributed by atoms with Gasteiger partial charge in [-0.15, -0.1) is 0 Å². The number of aromatic amines is 1. The van der Waals surface area contributed by atoms with E-state index in [2.05, 4.69) is 15.3 Å². The third-order valence-corrected chi connectivity index (χ3v) is 4.74. The minimum atomic E-state index is -0.458. The molecule has 0 amide bonds. The van der Waals surface area contributed by atoms with Crippen LogP contribution in [0.4, 0.5) is 10.2 Å². The number of hydrogen-bond acceptors (Lipinski definition) is 3. The van der Waals surface area contributed by atoms with Crippen LogP contribution < -0.4 is 10.3 Å². The topological polar surface area (TPSA) is 59.3 Å². The van der Waals surface area contributed by atoms with Crippen LogP contribution in [0.3, 0.4) is 0 Å². The van der Waals surface area contributed by atoms with Gasteiger partial charge in [0.2, 0.25) is 0 Å². The molecule has 140 valence electrons. The van der Waals surface area contributed by atoms with Crippen molar-refractivity contribution in [3.8, 4) is 5.75 Å². The molecule has 0 aliphatic carbocycles. The molecule has 28 heavy (non-hydrogen) atoms. The average molecular weight is 374 g/mol. The van der Waals surface area contributed by atoms with Gasteiger partial charge in [-0.2, -0.15) is 0 Å². The largest absolute Gasteiger partial charge is 0.505 e. The molecule has 0 fully saturated rings. The van der Waals surface area contributed by atoms with E-state index in [9.17, 15) is 9.50 Å². The van der Waals surface area contributed by atoms with Crippen LogP contribution >= 0.6 is 0 Å². The molecule has 0 aliphatic heterocycles. The smallest absolute Gasteiger partial charge is 0.273 e. The Morgan fingerprint density at radius 3 is 2.57 bits per heavy atom. The molecule has 4 aromatic rings. The number of benzene rings is 2. The Kier molecular flexibility index (Phi) is 4.65. The minimum Gasteiger partial charge on any atom is -0.505 e. The molecule has 2 heterocycles. The molecular formula is C23H21FN3O+. The molecular weight excluding hydrogens is 353 g/mol. The summed E-state index contributed by atoms with van der Waals surface area (Å²) < 4.78 is 13.9. The summed E-state index contributed by atoms with van der Waals surface area (Å²) in [6.45, 7) is 3.85. The molecule has 0 aliphatic rings. The maximum Gasteiger partial charge on any atom is 0.273 e. The van der Waals surface area contributed by atoms with Gasteiger partial charge >= 0.3 is 0 Å². The summed E-state index contributed by atoms with van der Waals surface area (Å²) in [5, 5.41) is 15.2. The second-order valence-corrected chi connectivity index (χ2v) is 6.91. The number of aromatic nitrogens is 2. The van der Waals surface area contributed by atoms with Gasteiger partial charge in [-0.05, 0) is 44.2 Å². The summed E-state index contributed by atoms with van der Waals surface area (Å²) in [6, 6.07) is 19.3. The normalized spacial score (nSPS) is 12.1. The molecule has 4 rings (SSSR count). The van der Waals surface area contributed by atoms with Gasteiger partial charge in [0, 0.05) is 28.3 Å². The Hall–Kier alpha value is -3.47. The van der Waals surface area contributed by atoms with Gasteiger partial charge in [0.1, 0.15) is 23.1 Å². The highest BCUT2D eigenvalue weighted by Crippen LogP contribution is 2.36. The van der Waals surface area contributed by atoms with Crippen LogP contribution in [0.5, 0.6) is 5.75 Å². The van der Waals surface area contributed by atoms with Crippen LogP contribution in [0.1, 0.15) is 28.6 Å². The zero-order valence-corrected chi connectivity index (χ0v) is 15.7. The molecule has 4 nitrogen and oxygen atoms in total. The molecule has 0 bridgehead atoms. The summed E-state index contributed by atoms with van der Waals surface area (Å²) in [7, 11) is 0. The van der Waals surface area contributed by atoms with Gasteiger partial charge in [0.15, 0.2) is 0 Å². The monoisotopic (exact) mass is 374 g/mol. The Labute approximate surface area is 162 Å². The van der Waals surface area contributed by atoms with Crippen LogP contribution in [-0.4, -0.2) is 10.1 Å². The number of phenols is 1. The van der Waals surface area contributed by atoms with E-state index in [1.165, 1.54) is 12.1 Å². The van der Waals surface area contributed by atoms with E-state index >= 15 is 0 Å². The summed E-state index contributed by atoms with van der Waals surface area (Å²) >= 11 is 0. The SMILES string of the molecule is Cc1ccc2ccc([C@H](Nc3cccc(C)[nH+]3)c3cccc(F)c3)c(O)c2n1. The molecule has 2 aromatic carbocycles. The molecule has 0 saturated heterocycles. The molecule has 0 spiro atoms. The van der Waals surface area contributed by atoms with Gasteiger partial charge in [-0.1, -0.05) is 30.3 Å². The Morgan fingerprint density at radius 2 is 1.79 bits per heavy atom. The zero-order valence-electron chi connectivity index (χ0n) is 15.7. The number of pyridine rings is 2. The third kappa shape index (κ3) is 3.51. The first-order valence-electron chi connectivity index (χ1n) is 9.11. The molecule has 3 N–H and O–H groups in total. The highest BCUT2D eigenvalue weighted by atomic mass is 19.1. The van der Waals surface area contributed by atoms with Crippen LogP contribution in [0, 0.1) is 19.7 Å². The number of rotatable bonds is 4. The fourth-order valence-electron chi connectivity index (χ4n) is 3.37. The van der Waals surface area contributed by atoms with Gasteiger partial charge in [-0.25, -0.2) is 14.4 Å². The van der Waals surface area contributed by atoms with Crippen molar-refractivity contribution in [3.05, 3.63) is 95.1 Å². The number of phenolic OH excluding ortho intramolecular Hbond substituents is 1. The average Bonchev–Trinajstić information content (AvgIpc) is 2.67. The lowest BCUT2D eigenvalue weighted by molar-refractivity contribution is -0.371. The number of anilines is 1. The third-order valence-electron chi connectivity index (χ3n) is 4.74. The number of H-pyrrole nitrogens is 1. The fourth-order valence-corrected chi connectivity index (χ4v) is 3.37. The molecule has 0 radical (unpaired) electrons. The van der Waals surface area contributed by atoms with E-state index in [0.29, 0.717) is 16.6 Å². The molecule has 1 atom stereocenters. The molecule has 0 unspecified atom stereocenters. The van der Waals surface area contributed by atoms with E-state index in [0.717, 1.165) is 22.6 Å². The van der Waals surface area contributed by atoms with E-state index in [-0.39, 0.29) is 11.6 Å². The first kappa shape index (κ1) is 17.9. The van der Waals surface area contributed by atoms with E-state index in [4.69, 9.17) is 0 Å². The number of nitrogens with zero attached hydrogens (tertiary/aromatic N) is 1. The zero-order chi connectivity index (χ0) is 19.7. The van der Waals surface area contributed by atoms with E-state index in [1.54, 1.807) is 6.07 Å². The standard InChI is InChI=1S/C23H20FN3O/c1-14-5-3-8-20(25-14)27-21(17-6-4-7-18(24)13-17)19-12-11-16-10-9-15(2)26-22(16)23(19)28/h3-13,21,28H,1-2H3,(H,25,27)/p+1/t21-/m1/s1. The van der Waals surface area contributed by atoms with Crippen molar-refractivity contribution in [3.63, 3.8) is 0 Å². The summed E-state index contributed by atoms with van der Waals surface area (Å²) in [5.74, 6) is 0.536. The van der Waals surface area contributed by atoms with E-state index < -0.39 is 6.04 Å². The molecule has 0 saturated carbocycles. The first-order valence-corrected chi connectivity index (χ1v) is 9.11. The Bertz CT molecular complexity index is 1160. The number of nitrogens with one attached hydrogen (secondary N) is 2. The number of aryl methyl sites for hydroxylation is 2. The fraction of sp³-hybridized carbons (Fsp3) is 0.130. The van der Waals surface area contributed by atoms with Crippen LogP contribution in [0.25, 0.3) is 10.9 Å². The van der Waals surface area contributed by atoms with Crippen molar-refractivity contribution in [1.82, 2.24) is 4.98 Å². The quantitative estimate of drug-likeness (QED) is 0.544. The van der Waals surface area contributed by atoms with Gasteiger partial charge in [0.05, 0.1) is 5.69 Å². The predicted molar refractivity (Wildman–Crippen MR) is 108 cm³/mol. The minimum absolute atomic E-state index is 0.0932. The summed E-state index contributed by atoms with van der Waals surface area (Å²) in [4.78, 5) is 7.75. The summed E-state index contributed by atoms with van der Waals surface area (Å²) in [5.41, 5.74) is 3.68. The van der Waals surface area contributed by atoms with Crippen molar-refractivity contribution < 1.29 is 14.5 Å². The lowest BCUT2D eigenvalue weighted by Crippen LogP contribution is -2.20. The molecule has 5 heteroatoms.